The van der Waals surface area contributed by atoms with Crippen LogP contribution in [0.15, 0.2) is 168 Å². The lowest BCUT2D eigenvalue weighted by atomic mass is 9.93. The van der Waals surface area contributed by atoms with Crippen molar-refractivity contribution in [3.63, 3.8) is 0 Å². The fraction of sp³-hybridized carbons (Fsp3) is 0. The summed E-state index contributed by atoms with van der Waals surface area (Å²) in [5.74, 6) is 0. The first-order valence-corrected chi connectivity index (χ1v) is 16.8. The molecule has 0 saturated heterocycles. The molecule has 49 heavy (non-hydrogen) atoms. The number of hydrogen-bond donors (Lipinski definition) is 0. The van der Waals surface area contributed by atoms with Crippen LogP contribution in [0.1, 0.15) is 0 Å². The minimum Gasteiger partial charge on any atom is -0.456 e. The van der Waals surface area contributed by atoms with Crippen molar-refractivity contribution < 1.29 is 4.42 Å². The highest BCUT2D eigenvalue weighted by atomic mass is 16.3. The van der Waals surface area contributed by atoms with Crippen molar-refractivity contribution in [2.45, 2.75) is 0 Å². The second-order valence-corrected chi connectivity index (χ2v) is 13.1. The Bertz CT molecular complexity index is 3000. The van der Waals surface area contributed by atoms with Gasteiger partial charge in [-0.05, 0) is 96.5 Å². The van der Waals surface area contributed by atoms with Crippen molar-refractivity contribution in [3.05, 3.63) is 164 Å². The van der Waals surface area contributed by atoms with Gasteiger partial charge in [-0.25, -0.2) is 4.98 Å². The number of fused-ring (bicyclic) bond motifs is 9. The van der Waals surface area contributed by atoms with Crippen molar-refractivity contribution in [2.75, 3.05) is 0 Å². The van der Waals surface area contributed by atoms with Gasteiger partial charge in [0.15, 0.2) is 0 Å². The molecule has 2 aromatic heterocycles. The lowest BCUT2D eigenvalue weighted by Crippen LogP contribution is -1.93. The van der Waals surface area contributed by atoms with E-state index in [4.69, 9.17) is 9.40 Å². The Hall–Kier alpha value is -6.51. The van der Waals surface area contributed by atoms with Gasteiger partial charge in [0, 0.05) is 27.5 Å². The molecule has 1 aliphatic rings. The van der Waals surface area contributed by atoms with Gasteiger partial charge in [-0.15, -0.1) is 0 Å². The van der Waals surface area contributed by atoms with Crippen molar-refractivity contribution in [2.24, 2.45) is 0 Å². The normalized spacial score (nSPS) is 12.1. The molecule has 0 bridgehead atoms. The summed E-state index contributed by atoms with van der Waals surface area (Å²) in [5, 5.41) is 9.71. The van der Waals surface area contributed by atoms with E-state index < -0.39 is 0 Å². The largest absolute Gasteiger partial charge is 0.456 e. The van der Waals surface area contributed by atoms with Crippen molar-refractivity contribution in [3.8, 4) is 55.9 Å². The maximum Gasteiger partial charge on any atom is 0.136 e. The predicted octanol–water partition coefficient (Wildman–Crippen LogP) is 13.1. The van der Waals surface area contributed by atoms with E-state index >= 15 is 0 Å². The Labute approximate surface area is 282 Å². The molecule has 8 aromatic carbocycles. The molecule has 2 nitrogen and oxygen atoms in total. The molecule has 2 heterocycles. The monoisotopic (exact) mass is 621 g/mol. The minimum atomic E-state index is 0.926. The van der Waals surface area contributed by atoms with E-state index in [2.05, 4.69) is 158 Å². The fourth-order valence-electron chi connectivity index (χ4n) is 8.10. The standard InChI is InChI=1S/C47H27NO/c1-2-11-30-23-32(20-19-28(30)9-1)41-25-34(26-42(48-41)36-16-7-12-29-10-3-4-14-35(29)36)31-21-22-38-40(24-31)37-17-8-13-33-27-44-46(47(38)45(33)37)39-15-5-6-18-43(39)49-44/h1-27H. The average molecular weight is 622 g/mol. The highest BCUT2D eigenvalue weighted by Gasteiger charge is 2.27. The molecule has 0 fully saturated rings. The molecule has 11 rings (SSSR count). The molecular formula is C47H27NO. The van der Waals surface area contributed by atoms with Crippen LogP contribution in [0.3, 0.4) is 0 Å². The van der Waals surface area contributed by atoms with E-state index in [0.29, 0.717) is 0 Å². The van der Waals surface area contributed by atoms with E-state index in [-0.39, 0.29) is 0 Å². The van der Waals surface area contributed by atoms with Gasteiger partial charge < -0.3 is 4.42 Å². The average Bonchev–Trinajstić information content (AvgIpc) is 3.70. The summed E-state index contributed by atoms with van der Waals surface area (Å²) < 4.78 is 6.40. The van der Waals surface area contributed by atoms with E-state index in [1.54, 1.807) is 0 Å². The number of aromatic nitrogens is 1. The van der Waals surface area contributed by atoms with Crippen LogP contribution in [0.2, 0.25) is 0 Å². The quantitative estimate of drug-likeness (QED) is 0.196. The zero-order valence-electron chi connectivity index (χ0n) is 26.4. The van der Waals surface area contributed by atoms with Crippen LogP contribution in [-0.2, 0) is 0 Å². The highest BCUT2D eigenvalue weighted by Crippen LogP contribution is 2.53. The first kappa shape index (κ1) is 26.5. The van der Waals surface area contributed by atoms with Crippen LogP contribution in [0.25, 0.3) is 110 Å². The summed E-state index contributed by atoms with van der Waals surface area (Å²) in [6.45, 7) is 0. The molecule has 2 heteroatoms. The topological polar surface area (TPSA) is 26.0 Å². The molecule has 0 radical (unpaired) electrons. The Morgan fingerprint density at radius 1 is 0.347 bits per heavy atom. The molecular weight excluding hydrogens is 595 g/mol. The molecule has 0 aliphatic heterocycles. The lowest BCUT2D eigenvalue weighted by Gasteiger charge is -2.14. The first-order valence-electron chi connectivity index (χ1n) is 16.8. The lowest BCUT2D eigenvalue weighted by molar-refractivity contribution is 0.669. The van der Waals surface area contributed by atoms with E-state index in [1.807, 2.05) is 6.07 Å². The predicted molar refractivity (Wildman–Crippen MR) is 205 cm³/mol. The van der Waals surface area contributed by atoms with E-state index in [9.17, 15) is 0 Å². The summed E-state index contributed by atoms with van der Waals surface area (Å²) >= 11 is 0. The van der Waals surface area contributed by atoms with Crippen LogP contribution < -0.4 is 0 Å². The fourth-order valence-corrected chi connectivity index (χ4v) is 8.10. The molecule has 10 aromatic rings. The van der Waals surface area contributed by atoms with Gasteiger partial charge >= 0.3 is 0 Å². The van der Waals surface area contributed by atoms with Gasteiger partial charge in [0.1, 0.15) is 11.2 Å². The minimum absolute atomic E-state index is 0.926. The van der Waals surface area contributed by atoms with Gasteiger partial charge in [0.25, 0.3) is 0 Å². The number of para-hydroxylation sites is 1. The second kappa shape index (κ2) is 10.00. The third kappa shape index (κ3) is 3.92. The third-order valence-electron chi connectivity index (χ3n) is 10.4. The Kier molecular flexibility index (Phi) is 5.42. The molecule has 226 valence electrons. The zero-order valence-corrected chi connectivity index (χ0v) is 26.4. The highest BCUT2D eigenvalue weighted by molar-refractivity contribution is 6.28. The smallest absolute Gasteiger partial charge is 0.136 e. The van der Waals surface area contributed by atoms with Crippen LogP contribution in [0.5, 0.6) is 0 Å². The van der Waals surface area contributed by atoms with Crippen LogP contribution in [0.4, 0.5) is 0 Å². The zero-order chi connectivity index (χ0) is 32.1. The van der Waals surface area contributed by atoms with Crippen LogP contribution in [0, 0.1) is 0 Å². The Morgan fingerprint density at radius 3 is 1.98 bits per heavy atom. The summed E-state index contributed by atoms with van der Waals surface area (Å²) in [4.78, 5) is 5.34. The number of nitrogens with zero attached hydrogens (tertiary/aromatic N) is 1. The number of rotatable bonds is 3. The van der Waals surface area contributed by atoms with Crippen molar-refractivity contribution >= 4 is 54.3 Å². The summed E-state index contributed by atoms with van der Waals surface area (Å²) in [5.41, 5.74) is 13.4. The van der Waals surface area contributed by atoms with Gasteiger partial charge in [0.2, 0.25) is 0 Å². The Balaban J connectivity index is 1.15. The molecule has 0 spiro atoms. The second-order valence-electron chi connectivity index (χ2n) is 13.1. The summed E-state index contributed by atoms with van der Waals surface area (Å²) in [7, 11) is 0. The number of benzene rings is 8. The summed E-state index contributed by atoms with van der Waals surface area (Å²) in [6.07, 6.45) is 0. The maximum absolute atomic E-state index is 6.40. The first-order chi connectivity index (χ1) is 24.3. The summed E-state index contributed by atoms with van der Waals surface area (Å²) in [6, 6.07) is 59.0. The third-order valence-corrected chi connectivity index (χ3v) is 10.4. The van der Waals surface area contributed by atoms with Crippen molar-refractivity contribution in [1.29, 1.82) is 0 Å². The number of pyridine rings is 1. The van der Waals surface area contributed by atoms with E-state index in [0.717, 1.165) is 44.6 Å². The van der Waals surface area contributed by atoms with Crippen LogP contribution >= 0.6 is 0 Å². The molecule has 0 unspecified atom stereocenters. The molecule has 0 atom stereocenters. The van der Waals surface area contributed by atoms with Crippen LogP contribution in [-0.4, -0.2) is 4.98 Å². The molecule has 0 N–H and O–H groups in total. The molecule has 0 saturated carbocycles. The number of furan rings is 1. The molecule has 0 amide bonds. The van der Waals surface area contributed by atoms with Gasteiger partial charge in [0.05, 0.1) is 11.4 Å². The van der Waals surface area contributed by atoms with Gasteiger partial charge in [-0.1, -0.05) is 127 Å². The van der Waals surface area contributed by atoms with Gasteiger partial charge in [-0.3, -0.25) is 0 Å². The Morgan fingerprint density at radius 2 is 1.06 bits per heavy atom. The SMILES string of the molecule is c1ccc2cc(-c3cc(-c4ccc5c(c4)-c4cccc6cc7oc8ccccc8c7c-5c46)cc(-c4cccc5ccccc45)n3)ccc2c1. The van der Waals surface area contributed by atoms with Crippen molar-refractivity contribution in [1.82, 2.24) is 4.98 Å². The van der Waals surface area contributed by atoms with Gasteiger partial charge in [-0.2, -0.15) is 0 Å². The molecule has 1 aliphatic carbocycles. The number of hydrogen-bond acceptors (Lipinski definition) is 2. The maximum atomic E-state index is 6.40. The van der Waals surface area contributed by atoms with E-state index in [1.165, 1.54) is 65.5 Å².